The van der Waals surface area contributed by atoms with Crippen LogP contribution in [0.25, 0.3) is 0 Å². The highest BCUT2D eigenvalue weighted by Gasteiger charge is 2.11. The van der Waals surface area contributed by atoms with Crippen LogP contribution in [0.2, 0.25) is 0 Å². The molecule has 0 atom stereocenters. The SMILES string of the molecule is Cc1nc(Br)c(Cc2cc(C#N)nn2C)s1. The Morgan fingerprint density at radius 1 is 1.62 bits per heavy atom. The number of halogens is 1. The quantitative estimate of drug-likeness (QED) is 0.855. The van der Waals surface area contributed by atoms with Crippen LogP contribution in [0.4, 0.5) is 0 Å². The lowest BCUT2D eigenvalue weighted by molar-refractivity contribution is 0.722. The smallest absolute Gasteiger partial charge is 0.162 e. The number of thiazole rings is 1. The van der Waals surface area contributed by atoms with Crippen LogP contribution in [0, 0.1) is 18.3 Å². The Balaban J connectivity index is 2.30. The molecule has 0 fully saturated rings. The van der Waals surface area contributed by atoms with Gasteiger partial charge in [0.25, 0.3) is 0 Å². The van der Waals surface area contributed by atoms with Crippen molar-refractivity contribution in [2.45, 2.75) is 13.3 Å². The molecule has 0 unspecified atom stereocenters. The van der Waals surface area contributed by atoms with Crippen molar-refractivity contribution in [2.24, 2.45) is 7.05 Å². The monoisotopic (exact) mass is 296 g/mol. The second-order valence-corrected chi connectivity index (χ2v) is 5.42. The summed E-state index contributed by atoms with van der Waals surface area (Å²) < 4.78 is 2.62. The zero-order valence-electron chi connectivity index (χ0n) is 8.86. The lowest BCUT2D eigenvalue weighted by Gasteiger charge is -1.98. The molecule has 82 valence electrons. The van der Waals surface area contributed by atoms with Crippen LogP contribution in [0.15, 0.2) is 10.7 Å². The maximum Gasteiger partial charge on any atom is 0.162 e. The molecule has 2 heterocycles. The van der Waals surface area contributed by atoms with Crippen LogP contribution in [-0.4, -0.2) is 14.8 Å². The molecular formula is C10H9BrN4S. The van der Waals surface area contributed by atoms with Gasteiger partial charge in [-0.2, -0.15) is 10.4 Å². The van der Waals surface area contributed by atoms with Crippen molar-refractivity contribution in [3.05, 3.63) is 31.9 Å². The molecule has 0 saturated carbocycles. The number of aryl methyl sites for hydroxylation is 2. The Labute approximate surface area is 106 Å². The lowest BCUT2D eigenvalue weighted by atomic mass is 10.2. The van der Waals surface area contributed by atoms with E-state index in [9.17, 15) is 0 Å². The summed E-state index contributed by atoms with van der Waals surface area (Å²) in [7, 11) is 1.85. The molecule has 0 aliphatic rings. The third-order valence-electron chi connectivity index (χ3n) is 2.19. The first-order chi connectivity index (χ1) is 7.60. The molecule has 2 rings (SSSR count). The largest absolute Gasteiger partial charge is 0.271 e. The summed E-state index contributed by atoms with van der Waals surface area (Å²) in [5.74, 6) is 0. The van der Waals surface area contributed by atoms with E-state index in [0.29, 0.717) is 5.69 Å². The van der Waals surface area contributed by atoms with Crippen LogP contribution >= 0.6 is 27.3 Å². The van der Waals surface area contributed by atoms with Gasteiger partial charge in [0.2, 0.25) is 0 Å². The average Bonchev–Trinajstić information content (AvgIpc) is 2.72. The van der Waals surface area contributed by atoms with Gasteiger partial charge in [-0.05, 0) is 28.9 Å². The molecule has 0 aliphatic carbocycles. The summed E-state index contributed by atoms with van der Waals surface area (Å²) in [4.78, 5) is 5.46. The average molecular weight is 297 g/mol. The zero-order valence-corrected chi connectivity index (χ0v) is 11.3. The van der Waals surface area contributed by atoms with Gasteiger partial charge >= 0.3 is 0 Å². The molecule has 2 aromatic rings. The van der Waals surface area contributed by atoms with Gasteiger partial charge in [0.1, 0.15) is 10.7 Å². The standard InChI is InChI=1S/C10H9BrN4S/c1-6-13-10(11)9(16-6)4-8-3-7(5-12)14-15(8)2/h3H,4H2,1-2H3. The van der Waals surface area contributed by atoms with Gasteiger partial charge in [0.15, 0.2) is 5.69 Å². The molecule has 2 aromatic heterocycles. The van der Waals surface area contributed by atoms with Crippen molar-refractivity contribution < 1.29 is 0 Å². The zero-order chi connectivity index (χ0) is 11.7. The predicted octanol–water partition coefficient (Wildman–Crippen LogP) is 2.41. The number of aromatic nitrogens is 3. The van der Waals surface area contributed by atoms with Crippen molar-refractivity contribution in [1.82, 2.24) is 14.8 Å². The summed E-state index contributed by atoms with van der Waals surface area (Å²) in [6, 6.07) is 3.84. The summed E-state index contributed by atoms with van der Waals surface area (Å²) in [6.07, 6.45) is 0.747. The van der Waals surface area contributed by atoms with Gasteiger partial charge < -0.3 is 0 Å². The first kappa shape index (κ1) is 11.3. The maximum absolute atomic E-state index is 8.76. The molecule has 6 heteroatoms. The molecule has 0 radical (unpaired) electrons. The highest BCUT2D eigenvalue weighted by Crippen LogP contribution is 2.25. The number of nitrogens with zero attached hydrogens (tertiary/aromatic N) is 4. The fourth-order valence-electron chi connectivity index (χ4n) is 1.44. The van der Waals surface area contributed by atoms with Gasteiger partial charge in [-0.1, -0.05) is 0 Å². The Morgan fingerprint density at radius 3 is 2.88 bits per heavy atom. The van der Waals surface area contributed by atoms with E-state index >= 15 is 0 Å². The Hall–Kier alpha value is -1.19. The Bertz CT molecular complexity index is 564. The van der Waals surface area contributed by atoms with E-state index in [0.717, 1.165) is 26.6 Å². The fourth-order valence-corrected chi connectivity index (χ4v) is 3.05. The van der Waals surface area contributed by atoms with Crippen LogP contribution < -0.4 is 0 Å². The number of nitriles is 1. The van der Waals surface area contributed by atoms with Crippen LogP contribution in [0.5, 0.6) is 0 Å². The summed E-state index contributed by atoms with van der Waals surface area (Å²) in [5, 5.41) is 13.9. The minimum Gasteiger partial charge on any atom is -0.271 e. The predicted molar refractivity (Wildman–Crippen MR) is 65.3 cm³/mol. The van der Waals surface area contributed by atoms with Crippen molar-refractivity contribution in [3.8, 4) is 6.07 Å². The van der Waals surface area contributed by atoms with Gasteiger partial charge in [0, 0.05) is 24.0 Å². The molecule has 16 heavy (non-hydrogen) atoms. The van der Waals surface area contributed by atoms with Crippen molar-refractivity contribution in [1.29, 1.82) is 5.26 Å². The maximum atomic E-state index is 8.76. The van der Waals surface area contributed by atoms with E-state index < -0.39 is 0 Å². The van der Waals surface area contributed by atoms with Gasteiger partial charge in [-0.25, -0.2) is 4.98 Å². The van der Waals surface area contributed by atoms with Gasteiger partial charge in [-0.15, -0.1) is 11.3 Å². The minimum atomic E-state index is 0.454. The van der Waals surface area contributed by atoms with E-state index in [4.69, 9.17) is 5.26 Å². The molecule has 0 N–H and O–H groups in total. The minimum absolute atomic E-state index is 0.454. The molecule has 0 aliphatic heterocycles. The first-order valence-corrected chi connectivity index (χ1v) is 6.26. The molecule has 0 amide bonds. The summed E-state index contributed by atoms with van der Waals surface area (Å²) in [6.45, 7) is 1.98. The summed E-state index contributed by atoms with van der Waals surface area (Å²) in [5.41, 5.74) is 1.47. The molecule has 4 nitrogen and oxygen atoms in total. The molecule has 0 bridgehead atoms. The molecular weight excluding hydrogens is 288 g/mol. The van der Waals surface area contributed by atoms with E-state index in [1.165, 1.54) is 0 Å². The van der Waals surface area contributed by atoms with Crippen LogP contribution in [0.1, 0.15) is 21.3 Å². The highest BCUT2D eigenvalue weighted by atomic mass is 79.9. The molecule has 0 saturated heterocycles. The Kier molecular flexibility index (Phi) is 3.08. The van der Waals surface area contributed by atoms with Crippen LogP contribution in [-0.2, 0) is 13.5 Å². The third-order valence-corrected chi connectivity index (χ3v) is 4.08. The molecule has 0 aromatic carbocycles. The fraction of sp³-hybridized carbons (Fsp3) is 0.300. The normalized spacial score (nSPS) is 10.4. The van der Waals surface area contributed by atoms with Crippen LogP contribution in [0.3, 0.4) is 0 Å². The number of rotatable bonds is 2. The third kappa shape index (κ3) is 2.15. The van der Waals surface area contributed by atoms with Gasteiger partial charge in [0.05, 0.1) is 5.01 Å². The van der Waals surface area contributed by atoms with Gasteiger partial charge in [-0.3, -0.25) is 4.68 Å². The number of hydrogen-bond acceptors (Lipinski definition) is 4. The van der Waals surface area contributed by atoms with E-state index in [-0.39, 0.29) is 0 Å². The first-order valence-electron chi connectivity index (χ1n) is 4.65. The van der Waals surface area contributed by atoms with E-state index in [1.54, 1.807) is 16.0 Å². The lowest BCUT2D eigenvalue weighted by Crippen LogP contribution is -1.98. The van der Waals surface area contributed by atoms with E-state index in [2.05, 4.69) is 26.0 Å². The molecule has 0 spiro atoms. The van der Waals surface area contributed by atoms with Crippen molar-refractivity contribution >= 4 is 27.3 Å². The Morgan fingerprint density at radius 2 is 2.38 bits per heavy atom. The highest BCUT2D eigenvalue weighted by molar-refractivity contribution is 9.10. The van der Waals surface area contributed by atoms with Crippen molar-refractivity contribution in [3.63, 3.8) is 0 Å². The van der Waals surface area contributed by atoms with E-state index in [1.807, 2.05) is 26.1 Å². The second kappa shape index (κ2) is 4.36. The topological polar surface area (TPSA) is 54.5 Å². The summed E-state index contributed by atoms with van der Waals surface area (Å²) >= 11 is 5.08. The number of hydrogen-bond donors (Lipinski definition) is 0. The van der Waals surface area contributed by atoms with Crippen molar-refractivity contribution in [2.75, 3.05) is 0 Å². The second-order valence-electron chi connectivity index (χ2n) is 3.38.